The van der Waals surface area contributed by atoms with E-state index < -0.39 is 47.4 Å². The van der Waals surface area contributed by atoms with Crippen LogP contribution in [0.25, 0.3) is 10.8 Å². The first-order valence-electron chi connectivity index (χ1n) is 9.24. The molecule has 0 radical (unpaired) electrons. The van der Waals surface area contributed by atoms with E-state index in [2.05, 4.69) is 15.5 Å². The Morgan fingerprint density at radius 2 is 1.61 bits per heavy atom. The van der Waals surface area contributed by atoms with Crippen molar-refractivity contribution in [1.29, 1.82) is 0 Å². The molecule has 0 bridgehead atoms. The van der Waals surface area contributed by atoms with E-state index >= 15 is 0 Å². The number of anilines is 1. The number of rotatable bonds is 5. The number of hydrogen-bond donors (Lipinski definition) is 4. The monoisotopic (exact) mass is 493 g/mol. The maximum absolute atomic E-state index is 12.0. The Kier molecular flexibility index (Phi) is 6.26. The molecule has 3 aromatic carbocycles. The van der Waals surface area contributed by atoms with Crippen LogP contribution in [0.4, 0.5) is 17.1 Å². The molecule has 0 atom stereocenters. The van der Waals surface area contributed by atoms with Gasteiger partial charge in [-0.25, -0.2) is 0 Å². The fraction of sp³-hybridized carbons (Fsp3) is 0.150. The van der Waals surface area contributed by atoms with Gasteiger partial charge in [-0.05, 0) is 49.1 Å². The van der Waals surface area contributed by atoms with E-state index in [-0.39, 0.29) is 16.5 Å². The lowest BCUT2D eigenvalue weighted by Crippen LogP contribution is -2.08. The van der Waals surface area contributed by atoms with E-state index in [1.165, 1.54) is 0 Å². The number of aromatic hydroxyl groups is 1. The molecule has 0 unspecified atom stereocenters. The molecule has 13 heteroatoms. The first-order chi connectivity index (χ1) is 15.2. The van der Waals surface area contributed by atoms with Gasteiger partial charge in [-0.2, -0.15) is 21.9 Å². The summed E-state index contributed by atoms with van der Waals surface area (Å²) >= 11 is 0. The molecule has 0 aliphatic rings. The lowest BCUT2D eigenvalue weighted by atomic mass is 10.1. The quantitative estimate of drug-likeness (QED) is 0.303. The van der Waals surface area contributed by atoms with E-state index in [0.29, 0.717) is 11.3 Å². The summed E-state index contributed by atoms with van der Waals surface area (Å²) in [6.07, 6.45) is 0. The molecule has 0 aliphatic carbocycles. The van der Waals surface area contributed by atoms with Crippen LogP contribution in [0.1, 0.15) is 18.1 Å². The van der Waals surface area contributed by atoms with Crippen molar-refractivity contribution in [2.24, 2.45) is 10.2 Å². The van der Waals surface area contributed by atoms with Crippen molar-refractivity contribution in [3.63, 3.8) is 0 Å². The van der Waals surface area contributed by atoms with Gasteiger partial charge < -0.3 is 10.4 Å². The molecule has 0 saturated carbocycles. The van der Waals surface area contributed by atoms with Gasteiger partial charge in [-0.3, -0.25) is 13.9 Å². The van der Waals surface area contributed by atoms with E-state index in [1.54, 1.807) is 19.1 Å². The molecule has 4 N–H and O–H groups in total. The number of hydrogen-bond acceptors (Lipinski definition) is 8. The molecule has 33 heavy (non-hydrogen) atoms. The number of carbonyl (C=O) groups excluding carboxylic acids is 1. The van der Waals surface area contributed by atoms with Gasteiger partial charge in [-0.15, -0.1) is 5.11 Å². The van der Waals surface area contributed by atoms with Crippen LogP contribution in [0.5, 0.6) is 5.75 Å². The molecule has 0 aromatic heterocycles. The summed E-state index contributed by atoms with van der Waals surface area (Å²) in [6, 6.07) is 7.79. The topological polar surface area (TPSA) is 183 Å². The predicted octanol–water partition coefficient (Wildman–Crippen LogP) is 4.03. The minimum Gasteiger partial charge on any atom is -0.505 e. The second kappa shape index (κ2) is 8.51. The average molecular weight is 494 g/mol. The van der Waals surface area contributed by atoms with Crippen LogP contribution in [0, 0.1) is 13.8 Å². The second-order valence-electron chi connectivity index (χ2n) is 7.26. The molecule has 0 saturated heterocycles. The number of phenols is 1. The Labute approximate surface area is 189 Å². The zero-order valence-corrected chi connectivity index (χ0v) is 19.2. The van der Waals surface area contributed by atoms with Crippen molar-refractivity contribution in [3.8, 4) is 5.75 Å². The van der Waals surface area contributed by atoms with Gasteiger partial charge in [0.05, 0.1) is 16.3 Å². The van der Waals surface area contributed by atoms with Crippen molar-refractivity contribution in [2.75, 3.05) is 5.32 Å². The highest BCUT2D eigenvalue weighted by Gasteiger charge is 2.25. The number of nitrogens with one attached hydrogen (secondary N) is 1. The minimum atomic E-state index is -4.97. The molecule has 3 aromatic rings. The summed E-state index contributed by atoms with van der Waals surface area (Å²) in [6.45, 7) is 4.73. The highest BCUT2D eigenvalue weighted by Crippen LogP contribution is 2.45. The molecule has 0 heterocycles. The van der Waals surface area contributed by atoms with Crippen LogP contribution in [-0.4, -0.2) is 37.0 Å². The van der Waals surface area contributed by atoms with Gasteiger partial charge in [0.15, 0.2) is 5.75 Å². The van der Waals surface area contributed by atoms with Crippen LogP contribution >= 0.6 is 0 Å². The zero-order valence-electron chi connectivity index (χ0n) is 17.6. The summed E-state index contributed by atoms with van der Waals surface area (Å²) in [5.74, 6) is -1.43. The number of fused-ring (bicyclic) bond motifs is 1. The van der Waals surface area contributed by atoms with E-state index in [4.69, 9.17) is 0 Å². The summed E-state index contributed by atoms with van der Waals surface area (Å²) < 4.78 is 66.4. The lowest BCUT2D eigenvalue weighted by Gasteiger charge is -2.14. The predicted molar refractivity (Wildman–Crippen MR) is 120 cm³/mol. The Hall–Kier alpha value is -3.39. The number of nitrogens with zero attached hydrogens (tertiary/aromatic N) is 2. The minimum absolute atomic E-state index is 0.181. The van der Waals surface area contributed by atoms with Gasteiger partial charge in [0.2, 0.25) is 5.91 Å². The fourth-order valence-electron chi connectivity index (χ4n) is 3.21. The average Bonchev–Trinajstić information content (AvgIpc) is 2.66. The number of phenolic OH excluding ortho intramolecular Hbond substituents is 1. The maximum Gasteiger partial charge on any atom is 0.296 e. The van der Waals surface area contributed by atoms with Gasteiger partial charge in [0, 0.05) is 12.3 Å². The van der Waals surface area contributed by atoms with Crippen molar-refractivity contribution in [2.45, 2.75) is 30.6 Å². The molecule has 174 valence electrons. The van der Waals surface area contributed by atoms with Crippen LogP contribution in [0.15, 0.2) is 56.4 Å². The van der Waals surface area contributed by atoms with Crippen LogP contribution < -0.4 is 5.32 Å². The first kappa shape index (κ1) is 24.3. The zero-order chi connectivity index (χ0) is 24.7. The number of azo groups is 1. The van der Waals surface area contributed by atoms with Gasteiger partial charge in [0.1, 0.15) is 10.6 Å². The SMILES string of the molecule is CC(=O)Nc1cc(S(=O)(=O)O)cc2cc(S(=O)(=O)O)c(N=Nc3ccc(C)cc3C)c(O)c12. The maximum atomic E-state index is 12.0. The molecule has 11 nitrogen and oxygen atoms in total. The third-order valence-electron chi connectivity index (χ3n) is 4.62. The number of benzene rings is 3. The Balaban J connectivity index is 2.40. The van der Waals surface area contributed by atoms with Gasteiger partial charge in [-0.1, -0.05) is 17.7 Å². The van der Waals surface area contributed by atoms with Crippen molar-refractivity contribution >= 4 is 54.0 Å². The number of amides is 1. The number of aryl methyl sites for hydroxylation is 2. The number of carbonyl (C=O) groups is 1. The van der Waals surface area contributed by atoms with E-state index in [0.717, 1.165) is 30.7 Å². The summed E-state index contributed by atoms with van der Waals surface area (Å²) in [5.41, 5.74) is 1.16. The fourth-order valence-corrected chi connectivity index (χ4v) is 4.41. The molecule has 0 spiro atoms. The van der Waals surface area contributed by atoms with Crippen LogP contribution in [0.2, 0.25) is 0 Å². The highest BCUT2D eigenvalue weighted by molar-refractivity contribution is 7.86. The molecule has 0 fully saturated rings. The van der Waals surface area contributed by atoms with Gasteiger partial charge in [0.25, 0.3) is 20.2 Å². The largest absolute Gasteiger partial charge is 0.505 e. The smallest absolute Gasteiger partial charge is 0.296 e. The van der Waals surface area contributed by atoms with Gasteiger partial charge >= 0.3 is 0 Å². The standard InChI is InChI=1S/C20H19N3O8S2/c1-10-4-5-15(11(2)6-10)22-23-19-17(33(29,30)31)8-13-7-14(32(26,27)28)9-16(21-12(3)24)18(13)20(19)25/h4-9,25H,1-3H3,(H,21,24)(H,26,27,28)(H,29,30,31). The van der Waals surface area contributed by atoms with Crippen LogP contribution in [-0.2, 0) is 25.0 Å². The molecule has 0 aliphatic heterocycles. The van der Waals surface area contributed by atoms with Crippen LogP contribution in [0.3, 0.4) is 0 Å². The van der Waals surface area contributed by atoms with Crippen molar-refractivity contribution in [3.05, 3.63) is 47.5 Å². The molecule has 3 rings (SSSR count). The third-order valence-corrected chi connectivity index (χ3v) is 6.32. The second-order valence-corrected chi connectivity index (χ2v) is 10.1. The third kappa shape index (κ3) is 5.17. The van der Waals surface area contributed by atoms with E-state index in [1.807, 2.05) is 13.0 Å². The molecule has 1 amide bonds. The Morgan fingerprint density at radius 1 is 0.939 bits per heavy atom. The first-order valence-corrected chi connectivity index (χ1v) is 12.1. The molecular weight excluding hydrogens is 474 g/mol. The van der Waals surface area contributed by atoms with Crippen molar-refractivity contribution in [1.82, 2.24) is 0 Å². The summed E-state index contributed by atoms with van der Waals surface area (Å²) in [7, 11) is -9.73. The van der Waals surface area contributed by atoms with Crippen molar-refractivity contribution < 1.29 is 35.8 Å². The highest BCUT2D eigenvalue weighted by atomic mass is 32.2. The Morgan fingerprint density at radius 3 is 2.15 bits per heavy atom. The summed E-state index contributed by atoms with van der Waals surface area (Å²) in [5, 5.41) is 20.6. The normalized spacial score (nSPS) is 12.4. The van der Waals surface area contributed by atoms with E-state index in [9.17, 15) is 35.8 Å². The lowest BCUT2D eigenvalue weighted by molar-refractivity contribution is -0.114. The molecular formula is C20H19N3O8S2. The summed E-state index contributed by atoms with van der Waals surface area (Å²) in [4.78, 5) is 10.1. The Bertz CT molecular complexity index is 1550.